The topological polar surface area (TPSA) is 20.2 Å². The molecule has 0 unspecified atom stereocenters. The van der Waals surface area contributed by atoms with Crippen LogP contribution in [0.2, 0.25) is 0 Å². The van der Waals surface area contributed by atoms with Crippen LogP contribution in [-0.2, 0) is 0 Å². The maximum absolute atomic E-state index is 10.1. The first-order valence-electron chi connectivity index (χ1n) is 11.0. The van der Waals surface area contributed by atoms with Crippen LogP contribution in [0.15, 0.2) is 34.9 Å². The lowest BCUT2D eigenvalue weighted by molar-refractivity contribution is 0.169. The van der Waals surface area contributed by atoms with Crippen LogP contribution in [0.1, 0.15) is 79.6 Å². The van der Waals surface area contributed by atoms with Gasteiger partial charge in [0.25, 0.3) is 0 Å². The van der Waals surface area contributed by atoms with Crippen LogP contribution in [0.25, 0.3) is 0 Å². The third-order valence-electron chi connectivity index (χ3n) is 8.04. The predicted octanol–water partition coefficient (Wildman–Crippen LogP) is 6.70. The van der Waals surface area contributed by atoms with Gasteiger partial charge >= 0.3 is 0 Å². The molecule has 1 N–H and O–H groups in total. The maximum Gasteiger partial charge on any atom is 0.0681 e. The number of hydrogen-bond acceptors (Lipinski definition) is 1. The molecule has 1 nitrogen and oxygen atoms in total. The molecule has 0 bridgehead atoms. The molecule has 146 valence electrons. The van der Waals surface area contributed by atoms with E-state index in [1.165, 1.54) is 49.7 Å². The molecule has 1 saturated carbocycles. The Balaban J connectivity index is 1.96. The van der Waals surface area contributed by atoms with Gasteiger partial charge in [0.15, 0.2) is 0 Å². The summed E-state index contributed by atoms with van der Waals surface area (Å²) in [6, 6.07) is 0. The van der Waals surface area contributed by atoms with E-state index in [-0.39, 0.29) is 6.61 Å². The predicted molar refractivity (Wildman–Crippen MR) is 112 cm³/mol. The smallest absolute Gasteiger partial charge is 0.0681 e. The Hall–Kier alpha value is -0.820. The molecule has 3 aliphatic rings. The number of aliphatic hydroxyl groups excluding tert-OH is 1. The molecule has 3 aliphatic carbocycles. The summed E-state index contributed by atoms with van der Waals surface area (Å²) in [5.41, 5.74) is 4.70. The van der Waals surface area contributed by atoms with Crippen LogP contribution in [-0.4, -0.2) is 11.7 Å². The molecular weight excluding hydrogens is 316 g/mol. The van der Waals surface area contributed by atoms with Crippen LogP contribution in [0, 0.1) is 35.0 Å². The van der Waals surface area contributed by atoms with Crippen molar-refractivity contribution < 1.29 is 5.11 Å². The summed E-state index contributed by atoms with van der Waals surface area (Å²) < 4.78 is 0. The molecule has 0 saturated heterocycles. The molecule has 0 aromatic rings. The molecule has 26 heavy (non-hydrogen) atoms. The summed E-state index contributed by atoms with van der Waals surface area (Å²) in [7, 11) is 0. The second-order valence-corrected chi connectivity index (χ2v) is 10.1. The third kappa shape index (κ3) is 3.88. The Kier molecular flexibility index (Phi) is 6.17. The fraction of sp³-hybridized carbons (Fsp3) is 0.760. The molecule has 0 spiro atoms. The van der Waals surface area contributed by atoms with E-state index < -0.39 is 0 Å². The van der Waals surface area contributed by atoms with Crippen molar-refractivity contribution in [3.63, 3.8) is 0 Å². The molecule has 0 radical (unpaired) electrons. The average Bonchev–Trinajstić information content (AvgIpc) is 3.12. The van der Waals surface area contributed by atoms with Gasteiger partial charge in [-0.05, 0) is 98.0 Å². The minimum atomic E-state index is 0.208. The zero-order valence-corrected chi connectivity index (χ0v) is 17.7. The zero-order chi connectivity index (χ0) is 18.9. The van der Waals surface area contributed by atoms with Gasteiger partial charge in [-0.3, -0.25) is 0 Å². The number of allylic oxidation sites excluding steroid dienone is 4. The van der Waals surface area contributed by atoms with E-state index in [0.29, 0.717) is 11.3 Å². The van der Waals surface area contributed by atoms with Gasteiger partial charge in [-0.15, -0.1) is 0 Å². The van der Waals surface area contributed by atoms with E-state index in [2.05, 4.69) is 52.8 Å². The van der Waals surface area contributed by atoms with E-state index in [1.807, 2.05) is 0 Å². The summed E-state index contributed by atoms with van der Waals surface area (Å²) >= 11 is 0. The highest BCUT2D eigenvalue weighted by molar-refractivity contribution is 5.37. The van der Waals surface area contributed by atoms with Crippen molar-refractivity contribution in [2.45, 2.75) is 79.6 Å². The summed E-state index contributed by atoms with van der Waals surface area (Å²) in [5.74, 6) is 3.66. The van der Waals surface area contributed by atoms with Crippen molar-refractivity contribution >= 4 is 0 Å². The summed E-state index contributed by atoms with van der Waals surface area (Å²) in [6.45, 7) is 12.3. The van der Waals surface area contributed by atoms with E-state index in [9.17, 15) is 5.11 Å². The van der Waals surface area contributed by atoms with Crippen LogP contribution >= 0.6 is 0 Å². The SMILES string of the molecule is C/C1=C/C[C@@]2(C)CC[C@H](C(C)C)[C@@H]2C/C=C(\CO)C2=CC[C@H](C)[C@@H]2CC1. The van der Waals surface area contributed by atoms with E-state index in [4.69, 9.17) is 0 Å². The van der Waals surface area contributed by atoms with Gasteiger partial charge in [-0.2, -0.15) is 0 Å². The first-order valence-corrected chi connectivity index (χ1v) is 11.0. The van der Waals surface area contributed by atoms with Crippen molar-refractivity contribution in [1.82, 2.24) is 0 Å². The highest BCUT2D eigenvalue weighted by Gasteiger charge is 2.44. The standard InChI is InChI=1S/C25H40O/c1-17(2)21-13-15-25(5)14-12-18(3)6-9-22-19(4)7-10-23(22)20(16-26)8-11-24(21)25/h8,10,12,17,19,21-22,24,26H,6-7,9,11,13-16H2,1-5H3/b18-12-,20-8+/t19-,21+,22-,24-,25-/m0/s1. The normalized spacial score (nSPS) is 42.7. The Morgan fingerprint density at radius 2 is 1.92 bits per heavy atom. The van der Waals surface area contributed by atoms with Crippen molar-refractivity contribution in [2.24, 2.45) is 35.0 Å². The first-order chi connectivity index (χ1) is 12.4. The fourth-order valence-corrected chi connectivity index (χ4v) is 6.09. The third-order valence-corrected chi connectivity index (χ3v) is 8.04. The summed E-state index contributed by atoms with van der Waals surface area (Å²) in [4.78, 5) is 0. The molecule has 1 fully saturated rings. The Morgan fingerprint density at radius 1 is 1.15 bits per heavy atom. The minimum Gasteiger partial charge on any atom is -0.392 e. The lowest BCUT2D eigenvalue weighted by Gasteiger charge is -2.35. The van der Waals surface area contributed by atoms with E-state index >= 15 is 0 Å². The van der Waals surface area contributed by atoms with Crippen molar-refractivity contribution in [3.8, 4) is 0 Å². The van der Waals surface area contributed by atoms with Crippen LogP contribution in [0.3, 0.4) is 0 Å². The molecule has 5 atom stereocenters. The molecule has 3 rings (SSSR count). The second kappa shape index (κ2) is 8.05. The van der Waals surface area contributed by atoms with Crippen LogP contribution in [0.5, 0.6) is 0 Å². The Morgan fingerprint density at radius 3 is 2.62 bits per heavy atom. The lowest BCUT2D eigenvalue weighted by atomic mass is 9.69. The average molecular weight is 357 g/mol. The first kappa shape index (κ1) is 19.9. The highest BCUT2D eigenvalue weighted by atomic mass is 16.3. The van der Waals surface area contributed by atoms with Crippen molar-refractivity contribution in [3.05, 3.63) is 34.9 Å². The highest BCUT2D eigenvalue weighted by Crippen LogP contribution is 2.54. The molecule has 0 aromatic heterocycles. The lowest BCUT2D eigenvalue weighted by Crippen LogP contribution is -2.27. The van der Waals surface area contributed by atoms with Crippen LogP contribution in [0.4, 0.5) is 0 Å². The number of rotatable bonds is 2. The van der Waals surface area contributed by atoms with Gasteiger partial charge in [-0.1, -0.05) is 51.5 Å². The van der Waals surface area contributed by atoms with E-state index in [1.54, 1.807) is 5.57 Å². The Bertz CT molecular complexity index is 593. The summed E-state index contributed by atoms with van der Waals surface area (Å²) in [6.07, 6.45) is 16.1. The fourth-order valence-electron chi connectivity index (χ4n) is 6.09. The zero-order valence-electron chi connectivity index (χ0n) is 17.7. The molecule has 0 aliphatic heterocycles. The molecule has 1 heteroatoms. The van der Waals surface area contributed by atoms with E-state index in [0.717, 1.165) is 30.1 Å². The van der Waals surface area contributed by atoms with Crippen LogP contribution < -0.4 is 0 Å². The Labute approximate surface area is 161 Å². The van der Waals surface area contributed by atoms with Gasteiger partial charge in [0, 0.05) is 0 Å². The summed E-state index contributed by atoms with van der Waals surface area (Å²) in [5, 5.41) is 10.1. The van der Waals surface area contributed by atoms with Gasteiger partial charge < -0.3 is 5.11 Å². The molecule has 0 aromatic carbocycles. The number of aliphatic hydroxyl groups is 1. The maximum atomic E-state index is 10.1. The molecular formula is C25H40O. The van der Waals surface area contributed by atoms with Gasteiger partial charge in [0.2, 0.25) is 0 Å². The second-order valence-electron chi connectivity index (χ2n) is 10.1. The van der Waals surface area contributed by atoms with Crippen molar-refractivity contribution in [1.29, 1.82) is 0 Å². The van der Waals surface area contributed by atoms with Gasteiger partial charge in [-0.25, -0.2) is 0 Å². The number of fused-ring (bicyclic) bond motifs is 2. The van der Waals surface area contributed by atoms with Crippen molar-refractivity contribution in [2.75, 3.05) is 6.61 Å². The monoisotopic (exact) mass is 356 g/mol. The van der Waals surface area contributed by atoms with Gasteiger partial charge in [0.1, 0.15) is 0 Å². The largest absolute Gasteiger partial charge is 0.392 e. The molecule has 0 amide bonds. The molecule has 0 heterocycles. The quantitative estimate of drug-likeness (QED) is 0.546. The van der Waals surface area contributed by atoms with Gasteiger partial charge in [0.05, 0.1) is 6.61 Å². The minimum absolute atomic E-state index is 0.208. The number of hydrogen-bond donors (Lipinski definition) is 1.